The summed E-state index contributed by atoms with van der Waals surface area (Å²) in [6.07, 6.45) is -0.387. The molecule has 3 N–H and O–H groups in total. The summed E-state index contributed by atoms with van der Waals surface area (Å²) in [6, 6.07) is 26.5. The van der Waals surface area contributed by atoms with Gasteiger partial charge in [0.05, 0.1) is 17.7 Å². The van der Waals surface area contributed by atoms with Crippen LogP contribution >= 0.6 is 0 Å². The first-order valence-corrected chi connectivity index (χ1v) is 13.9. The monoisotopic (exact) mass is 608 g/mol. The number of hydrogen-bond donors (Lipinski definition) is 3. The number of nitrogens with zero attached hydrogens (tertiary/aromatic N) is 1. The number of aliphatic carboxylic acids is 2. The van der Waals surface area contributed by atoms with Gasteiger partial charge in [-0.2, -0.15) is 0 Å². The quantitative estimate of drug-likeness (QED) is 0.162. The van der Waals surface area contributed by atoms with Crippen LogP contribution in [0, 0.1) is 6.92 Å². The Bertz CT molecular complexity index is 1730. The molecule has 0 unspecified atom stereocenters. The predicted octanol–water partition coefficient (Wildman–Crippen LogP) is 4.81. The van der Waals surface area contributed by atoms with Crippen LogP contribution in [0.1, 0.15) is 37.4 Å². The molecule has 230 valence electrons. The first-order chi connectivity index (χ1) is 21.4. The lowest BCUT2D eigenvalue weighted by atomic mass is 9.81. The number of nitrogens with one attached hydrogen (secondary N) is 1. The highest BCUT2D eigenvalue weighted by atomic mass is 16.5. The van der Waals surface area contributed by atoms with Crippen LogP contribution in [0.15, 0.2) is 97.1 Å². The zero-order valence-corrected chi connectivity index (χ0v) is 24.9. The van der Waals surface area contributed by atoms with Gasteiger partial charge in [-0.1, -0.05) is 84.4 Å². The number of carboxylic acid groups (broad SMARTS) is 2. The molecule has 0 aliphatic heterocycles. The number of anilines is 1. The molecule has 10 nitrogen and oxygen atoms in total. The highest BCUT2D eigenvalue weighted by Gasteiger charge is 2.50. The van der Waals surface area contributed by atoms with Gasteiger partial charge in [-0.25, -0.2) is 0 Å². The van der Waals surface area contributed by atoms with Gasteiger partial charge in [0, 0.05) is 19.7 Å². The lowest BCUT2D eigenvalue weighted by Gasteiger charge is -2.25. The Morgan fingerprint density at radius 1 is 0.778 bits per heavy atom. The van der Waals surface area contributed by atoms with Crippen molar-refractivity contribution in [3.8, 4) is 11.1 Å². The van der Waals surface area contributed by atoms with Gasteiger partial charge in [-0.05, 0) is 47.4 Å². The van der Waals surface area contributed by atoms with Crippen LogP contribution in [0.2, 0.25) is 0 Å². The van der Waals surface area contributed by atoms with Gasteiger partial charge in [0.1, 0.15) is 6.61 Å². The molecule has 0 heterocycles. The van der Waals surface area contributed by atoms with E-state index in [1.54, 1.807) is 32.3 Å². The zero-order valence-electron chi connectivity index (χ0n) is 24.9. The molecule has 0 spiro atoms. The molecule has 0 saturated heterocycles. The van der Waals surface area contributed by atoms with Gasteiger partial charge >= 0.3 is 17.9 Å². The highest BCUT2D eigenvalue weighted by Crippen LogP contribution is 2.28. The summed E-state index contributed by atoms with van der Waals surface area (Å²) in [4.78, 5) is 65.0. The minimum absolute atomic E-state index is 0.0549. The Morgan fingerprint density at radius 2 is 1.40 bits per heavy atom. The van der Waals surface area contributed by atoms with Gasteiger partial charge in [0.25, 0.3) is 11.8 Å². The molecule has 0 saturated carbocycles. The van der Waals surface area contributed by atoms with Gasteiger partial charge in [-0.3, -0.25) is 24.0 Å². The van der Waals surface area contributed by atoms with Crippen molar-refractivity contribution in [3.63, 3.8) is 0 Å². The fraction of sp³-hybridized carbons (Fsp3) is 0.171. The minimum Gasteiger partial charge on any atom is -0.480 e. The van der Waals surface area contributed by atoms with E-state index in [-0.39, 0.29) is 23.2 Å². The Hall–Kier alpha value is -5.77. The maximum Gasteiger partial charge on any atom is 0.329 e. The van der Waals surface area contributed by atoms with E-state index in [1.807, 2.05) is 43.3 Å². The van der Waals surface area contributed by atoms with Crippen molar-refractivity contribution in [3.05, 3.63) is 125 Å². The smallest absolute Gasteiger partial charge is 0.329 e. The average molecular weight is 609 g/mol. The van der Waals surface area contributed by atoms with E-state index >= 15 is 0 Å². The first kappa shape index (κ1) is 32.2. The van der Waals surface area contributed by atoms with Gasteiger partial charge < -0.3 is 25.2 Å². The SMILES string of the molecule is Cc1ccc(-c2ccccc2C(=O)Nc2ccc(CC(=O)OCC(C(=O)O)(C(=O)O)c3ccccc3)cc2C(=O)N(C)C)cc1. The van der Waals surface area contributed by atoms with Crippen LogP contribution < -0.4 is 5.32 Å². The Kier molecular flexibility index (Phi) is 9.78. The molecule has 45 heavy (non-hydrogen) atoms. The van der Waals surface area contributed by atoms with Crippen LogP contribution in [-0.2, 0) is 31.0 Å². The van der Waals surface area contributed by atoms with Gasteiger partial charge in [-0.15, -0.1) is 0 Å². The molecule has 4 aromatic rings. The van der Waals surface area contributed by atoms with Crippen LogP contribution in [0.25, 0.3) is 11.1 Å². The maximum absolute atomic E-state index is 13.5. The topological polar surface area (TPSA) is 150 Å². The molecule has 4 rings (SSSR count). The highest BCUT2D eigenvalue weighted by molar-refractivity contribution is 6.12. The number of carbonyl (C=O) groups is 5. The van der Waals surface area contributed by atoms with Crippen molar-refractivity contribution < 1.29 is 38.9 Å². The third kappa shape index (κ3) is 7.07. The van der Waals surface area contributed by atoms with Gasteiger partial charge in [0.2, 0.25) is 5.41 Å². The number of carbonyl (C=O) groups excluding carboxylic acids is 3. The normalized spacial score (nSPS) is 10.9. The molecular weight excluding hydrogens is 576 g/mol. The molecule has 0 fully saturated rings. The van der Waals surface area contributed by atoms with Crippen molar-refractivity contribution in [2.45, 2.75) is 18.8 Å². The van der Waals surface area contributed by atoms with Crippen molar-refractivity contribution in [1.29, 1.82) is 0 Å². The number of amides is 2. The third-order valence-corrected chi connectivity index (χ3v) is 7.30. The Labute approximate surface area is 259 Å². The van der Waals surface area contributed by atoms with Gasteiger partial charge in [0.15, 0.2) is 0 Å². The van der Waals surface area contributed by atoms with E-state index in [0.717, 1.165) is 11.1 Å². The molecule has 4 aromatic carbocycles. The standard InChI is InChI=1S/C35H32N2O8/c1-22-13-16-24(17-14-22)26-11-7-8-12-27(26)31(39)36-29-18-15-23(19-28(29)32(40)37(2)3)20-30(38)45-21-35(33(41)42,34(43)44)25-9-5-4-6-10-25/h4-19H,20-21H2,1-3H3,(H,36,39)(H,41,42)(H,43,44). The molecule has 0 aliphatic rings. The van der Waals surface area contributed by atoms with Crippen molar-refractivity contribution >= 4 is 35.4 Å². The van der Waals surface area contributed by atoms with Crippen LogP contribution in [0.4, 0.5) is 5.69 Å². The lowest BCUT2D eigenvalue weighted by molar-refractivity contribution is -0.163. The number of benzene rings is 4. The number of ether oxygens (including phenoxy) is 1. The van der Waals surface area contributed by atoms with Crippen LogP contribution in [0.5, 0.6) is 0 Å². The largest absolute Gasteiger partial charge is 0.480 e. The lowest BCUT2D eigenvalue weighted by Crippen LogP contribution is -2.48. The molecule has 0 radical (unpaired) electrons. The van der Waals surface area contributed by atoms with Crippen molar-refractivity contribution in [2.24, 2.45) is 0 Å². The van der Waals surface area contributed by atoms with E-state index in [4.69, 9.17) is 4.74 Å². The second kappa shape index (κ2) is 13.7. The van der Waals surface area contributed by atoms with E-state index < -0.39 is 41.7 Å². The minimum atomic E-state index is -2.51. The summed E-state index contributed by atoms with van der Waals surface area (Å²) in [7, 11) is 3.09. The number of carboxylic acids is 2. The number of aryl methyl sites for hydroxylation is 1. The van der Waals surface area contributed by atoms with Crippen molar-refractivity contribution in [2.75, 3.05) is 26.0 Å². The summed E-state index contributed by atoms with van der Waals surface area (Å²) >= 11 is 0. The molecule has 0 aromatic heterocycles. The van der Waals surface area contributed by atoms with Crippen molar-refractivity contribution in [1.82, 2.24) is 4.90 Å². The van der Waals surface area contributed by atoms with E-state index in [9.17, 15) is 34.2 Å². The third-order valence-electron chi connectivity index (χ3n) is 7.30. The summed E-state index contributed by atoms with van der Waals surface area (Å²) in [5, 5.41) is 22.5. The predicted molar refractivity (Wildman–Crippen MR) is 167 cm³/mol. The fourth-order valence-electron chi connectivity index (χ4n) is 4.76. The number of rotatable bonds is 11. The number of esters is 1. The fourth-order valence-corrected chi connectivity index (χ4v) is 4.76. The first-order valence-electron chi connectivity index (χ1n) is 13.9. The maximum atomic E-state index is 13.5. The molecule has 0 aliphatic carbocycles. The summed E-state index contributed by atoms with van der Waals surface area (Å²) < 4.78 is 5.19. The Morgan fingerprint density at radius 3 is 2.02 bits per heavy atom. The number of hydrogen-bond acceptors (Lipinski definition) is 6. The molecule has 2 amide bonds. The average Bonchev–Trinajstić information content (AvgIpc) is 3.02. The zero-order chi connectivity index (χ0) is 32.7. The summed E-state index contributed by atoms with van der Waals surface area (Å²) in [6.45, 7) is 1.03. The van der Waals surface area contributed by atoms with E-state index in [1.165, 1.54) is 47.4 Å². The second-order valence-electron chi connectivity index (χ2n) is 10.7. The molecular formula is C35H32N2O8. The Balaban J connectivity index is 1.57. The molecule has 10 heteroatoms. The van der Waals surface area contributed by atoms with Crippen LogP contribution in [0.3, 0.4) is 0 Å². The summed E-state index contributed by atoms with van der Waals surface area (Å²) in [5.74, 6) is -5.14. The van der Waals surface area contributed by atoms with E-state index in [0.29, 0.717) is 16.7 Å². The summed E-state index contributed by atoms with van der Waals surface area (Å²) in [5.41, 5.74) is 1.14. The molecule has 0 atom stereocenters. The van der Waals surface area contributed by atoms with E-state index in [2.05, 4.69) is 5.32 Å². The molecule has 0 bridgehead atoms. The second-order valence-corrected chi connectivity index (χ2v) is 10.7. The van der Waals surface area contributed by atoms with Crippen LogP contribution in [-0.4, -0.2) is 65.5 Å².